The number of likely N-dealkylation sites (N-methyl/N-ethyl adjacent to an activating group) is 1. The van der Waals surface area contributed by atoms with Gasteiger partial charge in [-0.1, -0.05) is 0 Å². The number of carbonyl (C=O) groups excluding carboxylic acids is 3. The van der Waals surface area contributed by atoms with Crippen molar-refractivity contribution < 1.29 is 23.5 Å². The average Bonchev–Trinajstić information content (AvgIpc) is 3.38. The molecule has 1 aliphatic rings. The zero-order chi connectivity index (χ0) is 18.2. The van der Waals surface area contributed by atoms with Gasteiger partial charge in [-0.25, -0.2) is 4.39 Å². The lowest BCUT2D eigenvalue weighted by Crippen LogP contribution is -2.40. The molecule has 0 aliphatic heterocycles. The van der Waals surface area contributed by atoms with E-state index in [-0.39, 0.29) is 37.3 Å². The minimum Gasteiger partial charge on any atom is -0.456 e. The Balaban J connectivity index is 1.58. The SMILES string of the molecule is CN(CC(=O)NC1CC1)C(=O)COC(=O)CCSc1ccc(F)cc1. The van der Waals surface area contributed by atoms with Crippen molar-refractivity contribution in [2.75, 3.05) is 26.0 Å². The molecular weight excluding hydrogens is 347 g/mol. The number of rotatable bonds is 9. The molecule has 1 saturated carbocycles. The van der Waals surface area contributed by atoms with Gasteiger partial charge in [0, 0.05) is 23.7 Å². The van der Waals surface area contributed by atoms with E-state index in [1.165, 1.54) is 35.8 Å². The first-order valence-corrected chi connectivity index (χ1v) is 9.00. The summed E-state index contributed by atoms with van der Waals surface area (Å²) in [6, 6.07) is 6.23. The molecule has 1 fully saturated rings. The van der Waals surface area contributed by atoms with Crippen LogP contribution < -0.4 is 5.32 Å². The standard InChI is InChI=1S/C17H21FN2O4S/c1-20(10-15(21)19-13-4-5-13)16(22)11-24-17(23)8-9-25-14-6-2-12(18)3-7-14/h2-3,6-7,13H,4-5,8-11H2,1H3,(H,19,21). The van der Waals surface area contributed by atoms with Crippen LogP contribution in [0.3, 0.4) is 0 Å². The number of benzene rings is 1. The van der Waals surface area contributed by atoms with Gasteiger partial charge >= 0.3 is 5.97 Å². The van der Waals surface area contributed by atoms with E-state index in [9.17, 15) is 18.8 Å². The fourth-order valence-electron chi connectivity index (χ4n) is 1.91. The van der Waals surface area contributed by atoms with Crippen LogP contribution in [-0.4, -0.2) is 54.7 Å². The lowest BCUT2D eigenvalue weighted by atomic mass is 10.4. The summed E-state index contributed by atoms with van der Waals surface area (Å²) in [6.45, 7) is -0.430. The summed E-state index contributed by atoms with van der Waals surface area (Å²) in [5, 5.41) is 2.78. The van der Waals surface area contributed by atoms with Gasteiger partial charge in [0.05, 0.1) is 13.0 Å². The maximum absolute atomic E-state index is 12.8. The molecule has 25 heavy (non-hydrogen) atoms. The van der Waals surface area contributed by atoms with E-state index in [1.807, 2.05) is 0 Å². The highest BCUT2D eigenvalue weighted by Gasteiger charge is 2.24. The number of ether oxygens (including phenoxy) is 1. The number of halogens is 1. The van der Waals surface area contributed by atoms with Crippen LogP contribution in [0.15, 0.2) is 29.2 Å². The predicted molar refractivity (Wildman–Crippen MR) is 91.5 cm³/mol. The Morgan fingerprint density at radius 2 is 1.96 bits per heavy atom. The van der Waals surface area contributed by atoms with Crippen LogP contribution in [0.1, 0.15) is 19.3 Å². The molecule has 1 N–H and O–H groups in total. The Kier molecular flexibility index (Phi) is 7.24. The molecule has 0 radical (unpaired) electrons. The van der Waals surface area contributed by atoms with Crippen molar-refractivity contribution in [2.24, 2.45) is 0 Å². The third-order valence-corrected chi connectivity index (χ3v) is 4.51. The van der Waals surface area contributed by atoms with Crippen molar-refractivity contribution >= 4 is 29.5 Å². The quantitative estimate of drug-likeness (QED) is 0.529. The molecule has 136 valence electrons. The van der Waals surface area contributed by atoms with Gasteiger partial charge in [-0.2, -0.15) is 0 Å². The van der Waals surface area contributed by atoms with Gasteiger partial charge in [-0.15, -0.1) is 11.8 Å². The number of hydrogen-bond acceptors (Lipinski definition) is 5. The number of hydrogen-bond donors (Lipinski definition) is 1. The Morgan fingerprint density at radius 1 is 1.28 bits per heavy atom. The summed E-state index contributed by atoms with van der Waals surface area (Å²) in [6.07, 6.45) is 2.11. The van der Waals surface area contributed by atoms with Crippen LogP contribution in [0, 0.1) is 5.82 Å². The number of nitrogens with zero attached hydrogens (tertiary/aromatic N) is 1. The van der Waals surface area contributed by atoms with E-state index < -0.39 is 11.9 Å². The molecule has 2 amide bonds. The van der Waals surface area contributed by atoms with Gasteiger partial charge in [0.15, 0.2) is 6.61 Å². The molecule has 0 bridgehead atoms. The van der Waals surface area contributed by atoms with E-state index in [1.54, 1.807) is 12.1 Å². The number of amides is 2. The summed E-state index contributed by atoms with van der Waals surface area (Å²) < 4.78 is 17.7. The van der Waals surface area contributed by atoms with Gasteiger partial charge in [-0.05, 0) is 37.1 Å². The van der Waals surface area contributed by atoms with Gasteiger partial charge in [-0.3, -0.25) is 14.4 Å². The minimum atomic E-state index is -0.487. The first-order valence-electron chi connectivity index (χ1n) is 8.01. The maximum Gasteiger partial charge on any atom is 0.307 e. The number of nitrogens with one attached hydrogen (secondary N) is 1. The Labute approximate surface area is 150 Å². The van der Waals surface area contributed by atoms with Crippen LogP contribution in [0.5, 0.6) is 0 Å². The van der Waals surface area contributed by atoms with Crippen molar-refractivity contribution in [3.05, 3.63) is 30.1 Å². The van der Waals surface area contributed by atoms with Crippen molar-refractivity contribution in [2.45, 2.75) is 30.2 Å². The second kappa shape index (κ2) is 9.41. The lowest BCUT2D eigenvalue weighted by molar-refractivity contribution is -0.151. The Hall–Kier alpha value is -2.09. The molecule has 6 nitrogen and oxygen atoms in total. The van der Waals surface area contributed by atoms with Crippen molar-refractivity contribution in [1.82, 2.24) is 10.2 Å². The molecule has 0 heterocycles. The van der Waals surface area contributed by atoms with E-state index in [2.05, 4.69) is 5.32 Å². The highest BCUT2D eigenvalue weighted by atomic mass is 32.2. The first-order chi connectivity index (χ1) is 11.9. The fraction of sp³-hybridized carbons (Fsp3) is 0.471. The van der Waals surface area contributed by atoms with E-state index in [4.69, 9.17) is 4.74 Å². The summed E-state index contributed by atoms with van der Waals surface area (Å²) in [5.74, 6) is -0.958. The highest BCUT2D eigenvalue weighted by Crippen LogP contribution is 2.19. The third kappa shape index (κ3) is 7.55. The molecule has 1 aliphatic carbocycles. The number of thioether (sulfide) groups is 1. The predicted octanol–water partition coefficient (Wildman–Crippen LogP) is 1.59. The zero-order valence-corrected chi connectivity index (χ0v) is 14.8. The summed E-state index contributed by atoms with van der Waals surface area (Å²) >= 11 is 1.40. The van der Waals surface area contributed by atoms with Gasteiger partial charge in [0.2, 0.25) is 5.91 Å². The van der Waals surface area contributed by atoms with Crippen LogP contribution >= 0.6 is 11.8 Å². The second-order valence-electron chi connectivity index (χ2n) is 5.80. The van der Waals surface area contributed by atoms with Crippen LogP contribution in [0.25, 0.3) is 0 Å². The molecule has 0 saturated heterocycles. The smallest absolute Gasteiger partial charge is 0.307 e. The molecular formula is C17H21FN2O4S. The summed E-state index contributed by atoms with van der Waals surface area (Å²) in [7, 11) is 1.49. The Morgan fingerprint density at radius 3 is 2.60 bits per heavy atom. The monoisotopic (exact) mass is 368 g/mol. The maximum atomic E-state index is 12.8. The average molecular weight is 368 g/mol. The van der Waals surface area contributed by atoms with Crippen molar-refractivity contribution in [3.8, 4) is 0 Å². The second-order valence-corrected chi connectivity index (χ2v) is 6.97. The molecule has 2 rings (SSSR count). The van der Waals surface area contributed by atoms with Crippen LogP contribution in [-0.2, 0) is 19.1 Å². The molecule has 8 heteroatoms. The topological polar surface area (TPSA) is 75.7 Å². The Bertz CT molecular complexity index is 620. The van der Waals surface area contributed by atoms with E-state index >= 15 is 0 Å². The van der Waals surface area contributed by atoms with Gasteiger partial charge < -0.3 is 15.0 Å². The highest BCUT2D eigenvalue weighted by molar-refractivity contribution is 7.99. The molecule has 0 spiro atoms. The summed E-state index contributed by atoms with van der Waals surface area (Å²) in [5.41, 5.74) is 0. The molecule has 0 aromatic heterocycles. The third-order valence-electron chi connectivity index (χ3n) is 3.49. The molecule has 0 atom stereocenters. The van der Waals surface area contributed by atoms with Gasteiger partial charge in [0.1, 0.15) is 5.82 Å². The van der Waals surface area contributed by atoms with Crippen LogP contribution in [0.4, 0.5) is 4.39 Å². The van der Waals surface area contributed by atoms with Crippen molar-refractivity contribution in [1.29, 1.82) is 0 Å². The minimum absolute atomic E-state index is 0.0483. The fourth-order valence-corrected chi connectivity index (χ4v) is 2.75. The lowest BCUT2D eigenvalue weighted by Gasteiger charge is -2.16. The number of carbonyl (C=O) groups is 3. The molecule has 0 unspecified atom stereocenters. The number of esters is 1. The van der Waals surface area contributed by atoms with E-state index in [0.29, 0.717) is 5.75 Å². The van der Waals surface area contributed by atoms with Crippen molar-refractivity contribution in [3.63, 3.8) is 0 Å². The van der Waals surface area contributed by atoms with Gasteiger partial charge in [0.25, 0.3) is 5.91 Å². The largest absolute Gasteiger partial charge is 0.456 e. The molecule has 1 aromatic rings. The van der Waals surface area contributed by atoms with E-state index in [0.717, 1.165) is 17.7 Å². The zero-order valence-electron chi connectivity index (χ0n) is 14.0. The first kappa shape index (κ1) is 19.2. The summed E-state index contributed by atoms with van der Waals surface area (Å²) in [4.78, 5) is 37.2. The van der Waals surface area contributed by atoms with Crippen LogP contribution in [0.2, 0.25) is 0 Å². The normalized spacial score (nSPS) is 13.2. The molecule has 1 aromatic carbocycles.